The number of rotatable bonds is 4. The fourth-order valence-electron chi connectivity index (χ4n) is 0.895. The average molecular weight is 258 g/mol. The van der Waals surface area contributed by atoms with E-state index in [0.29, 0.717) is 0 Å². The molecule has 1 N–H and O–H groups in total. The number of aliphatic carboxylic acids is 1. The van der Waals surface area contributed by atoms with Gasteiger partial charge in [-0.05, 0) is 0 Å². The van der Waals surface area contributed by atoms with Crippen LogP contribution in [0, 0.1) is 0 Å². The molecule has 0 spiro atoms. The first-order chi connectivity index (χ1) is 7.25. The highest BCUT2D eigenvalue weighted by molar-refractivity contribution is 8.01. The molecule has 2 heterocycles. The van der Waals surface area contributed by atoms with Gasteiger partial charge < -0.3 is 5.11 Å². The molecule has 0 fully saturated rings. The fourth-order valence-corrected chi connectivity index (χ4v) is 3.10. The van der Waals surface area contributed by atoms with E-state index in [2.05, 4.69) is 9.97 Å². The quantitative estimate of drug-likeness (QED) is 0.853. The molecule has 15 heavy (non-hydrogen) atoms. The van der Waals surface area contributed by atoms with E-state index in [4.69, 9.17) is 5.11 Å². The lowest BCUT2D eigenvalue weighted by Crippen LogP contribution is -1.96. The minimum atomic E-state index is -0.828. The molecule has 0 aliphatic heterocycles. The molecule has 2 aromatic rings. The summed E-state index contributed by atoms with van der Waals surface area (Å²) in [6.45, 7) is 0. The van der Waals surface area contributed by atoms with Crippen molar-refractivity contribution in [2.45, 2.75) is 4.34 Å². The highest BCUT2D eigenvalue weighted by Gasteiger charge is 2.08. The smallest absolute Gasteiger partial charge is 0.313 e. The van der Waals surface area contributed by atoms with Crippen LogP contribution in [0.15, 0.2) is 21.3 Å². The molecule has 0 unspecified atom stereocenters. The standard InChI is InChI=1S/C8H6N2O2S3/c11-6(12)4-15-8-10-5(3-14-8)7-9-1-2-13-7/h1-3H,4H2,(H,11,12). The SMILES string of the molecule is O=C(O)CSc1nc(-c2nccs2)cs1. The van der Waals surface area contributed by atoms with Gasteiger partial charge in [0.2, 0.25) is 0 Å². The van der Waals surface area contributed by atoms with Crippen LogP contribution in [0.4, 0.5) is 0 Å². The minimum absolute atomic E-state index is 0.0465. The van der Waals surface area contributed by atoms with Gasteiger partial charge in [-0.2, -0.15) is 0 Å². The van der Waals surface area contributed by atoms with Gasteiger partial charge in [-0.25, -0.2) is 9.97 Å². The summed E-state index contributed by atoms with van der Waals surface area (Å²) in [4.78, 5) is 18.8. The maximum atomic E-state index is 10.4. The molecule has 4 nitrogen and oxygen atoms in total. The van der Waals surface area contributed by atoms with Gasteiger partial charge in [0, 0.05) is 17.0 Å². The van der Waals surface area contributed by atoms with E-state index in [1.807, 2.05) is 10.8 Å². The predicted molar refractivity (Wildman–Crippen MR) is 61.6 cm³/mol. The van der Waals surface area contributed by atoms with E-state index in [0.717, 1.165) is 15.0 Å². The van der Waals surface area contributed by atoms with Crippen molar-refractivity contribution in [2.24, 2.45) is 0 Å². The number of carboxylic acids is 1. The Labute approximate surface area is 98.0 Å². The average Bonchev–Trinajstić information content (AvgIpc) is 2.85. The molecule has 0 aliphatic carbocycles. The molecule has 2 rings (SSSR count). The van der Waals surface area contributed by atoms with E-state index in [9.17, 15) is 4.79 Å². The number of thiazole rings is 2. The van der Waals surface area contributed by atoms with Gasteiger partial charge in [-0.3, -0.25) is 4.79 Å². The molecule has 78 valence electrons. The van der Waals surface area contributed by atoms with Gasteiger partial charge in [0.05, 0.1) is 5.75 Å². The first kappa shape index (κ1) is 10.6. The first-order valence-electron chi connectivity index (χ1n) is 3.95. The second kappa shape index (κ2) is 4.73. The fraction of sp³-hybridized carbons (Fsp3) is 0.125. The lowest BCUT2D eigenvalue weighted by Gasteiger charge is -1.90. The summed E-state index contributed by atoms with van der Waals surface area (Å²) in [5.41, 5.74) is 0.822. The topological polar surface area (TPSA) is 63.1 Å². The van der Waals surface area contributed by atoms with E-state index in [1.165, 1.54) is 34.4 Å². The summed E-state index contributed by atoms with van der Waals surface area (Å²) in [5.74, 6) is -0.781. The summed E-state index contributed by atoms with van der Waals surface area (Å²) in [5, 5.41) is 13.2. The van der Waals surface area contributed by atoms with Crippen molar-refractivity contribution in [1.29, 1.82) is 0 Å². The predicted octanol–water partition coefficient (Wildman–Crippen LogP) is 2.44. The van der Waals surface area contributed by atoms with Crippen LogP contribution in [0.3, 0.4) is 0 Å². The maximum Gasteiger partial charge on any atom is 0.313 e. The normalized spacial score (nSPS) is 10.4. The van der Waals surface area contributed by atoms with Crippen molar-refractivity contribution >= 4 is 40.4 Å². The number of aromatic nitrogens is 2. The van der Waals surface area contributed by atoms with Crippen molar-refractivity contribution in [1.82, 2.24) is 9.97 Å². The summed E-state index contributed by atoms with van der Waals surface area (Å²) in [6.07, 6.45) is 1.73. The minimum Gasteiger partial charge on any atom is -0.481 e. The van der Waals surface area contributed by atoms with Crippen LogP contribution in [0.2, 0.25) is 0 Å². The Morgan fingerprint density at radius 2 is 2.40 bits per heavy atom. The molecule has 0 amide bonds. The Bertz CT molecular complexity index is 452. The second-order valence-corrected chi connectivity index (χ2v) is 5.49. The Balaban J connectivity index is 2.08. The van der Waals surface area contributed by atoms with Gasteiger partial charge in [-0.15, -0.1) is 22.7 Å². The van der Waals surface area contributed by atoms with E-state index in [-0.39, 0.29) is 5.75 Å². The molecule has 7 heteroatoms. The molecule has 0 aromatic carbocycles. The van der Waals surface area contributed by atoms with Crippen LogP contribution in [0.5, 0.6) is 0 Å². The van der Waals surface area contributed by atoms with Crippen molar-refractivity contribution in [3.05, 3.63) is 17.0 Å². The number of hydrogen-bond donors (Lipinski definition) is 1. The van der Waals surface area contributed by atoms with Crippen LogP contribution in [0.1, 0.15) is 0 Å². The van der Waals surface area contributed by atoms with Crippen molar-refractivity contribution < 1.29 is 9.90 Å². The van der Waals surface area contributed by atoms with Crippen LogP contribution in [-0.2, 0) is 4.79 Å². The van der Waals surface area contributed by atoms with Gasteiger partial charge in [0.25, 0.3) is 0 Å². The number of carboxylic acid groups (broad SMARTS) is 1. The Kier molecular flexibility index (Phi) is 3.34. The third-order valence-electron chi connectivity index (χ3n) is 1.45. The second-order valence-electron chi connectivity index (χ2n) is 2.52. The maximum absolute atomic E-state index is 10.4. The molecule has 0 aliphatic rings. The molecule has 2 aromatic heterocycles. The summed E-state index contributed by atoms with van der Waals surface area (Å²) in [7, 11) is 0. The number of hydrogen-bond acceptors (Lipinski definition) is 6. The van der Waals surface area contributed by atoms with E-state index in [1.54, 1.807) is 6.20 Å². The Morgan fingerprint density at radius 1 is 1.53 bits per heavy atom. The summed E-state index contributed by atoms with van der Waals surface area (Å²) >= 11 is 4.20. The highest BCUT2D eigenvalue weighted by atomic mass is 32.2. The Morgan fingerprint density at radius 3 is 3.07 bits per heavy atom. The molecule has 0 bridgehead atoms. The van der Waals surface area contributed by atoms with Crippen molar-refractivity contribution in [3.8, 4) is 10.7 Å². The molecule has 0 atom stereocenters. The van der Waals surface area contributed by atoms with Gasteiger partial charge in [-0.1, -0.05) is 11.8 Å². The van der Waals surface area contributed by atoms with Gasteiger partial charge >= 0.3 is 5.97 Å². The monoisotopic (exact) mass is 258 g/mol. The van der Waals surface area contributed by atoms with E-state index >= 15 is 0 Å². The molecule has 0 saturated heterocycles. The van der Waals surface area contributed by atoms with Crippen molar-refractivity contribution in [2.75, 3.05) is 5.75 Å². The largest absolute Gasteiger partial charge is 0.481 e. The lowest BCUT2D eigenvalue weighted by molar-refractivity contribution is -0.133. The molecule has 0 saturated carbocycles. The Hall–Kier alpha value is -0.920. The summed E-state index contributed by atoms with van der Waals surface area (Å²) < 4.78 is 0.766. The number of carbonyl (C=O) groups is 1. The molecular formula is C8H6N2O2S3. The number of thioether (sulfide) groups is 1. The van der Waals surface area contributed by atoms with Crippen LogP contribution >= 0.6 is 34.4 Å². The van der Waals surface area contributed by atoms with Crippen LogP contribution in [-0.4, -0.2) is 26.8 Å². The third kappa shape index (κ3) is 2.77. The number of nitrogens with zero attached hydrogens (tertiary/aromatic N) is 2. The molecular weight excluding hydrogens is 252 g/mol. The van der Waals surface area contributed by atoms with Crippen molar-refractivity contribution in [3.63, 3.8) is 0 Å². The first-order valence-corrected chi connectivity index (χ1v) is 6.70. The zero-order chi connectivity index (χ0) is 10.7. The van der Waals surface area contributed by atoms with Crippen LogP contribution < -0.4 is 0 Å². The van der Waals surface area contributed by atoms with E-state index < -0.39 is 5.97 Å². The third-order valence-corrected chi connectivity index (χ3v) is 4.26. The zero-order valence-corrected chi connectivity index (χ0v) is 9.86. The van der Waals surface area contributed by atoms with Gasteiger partial charge in [0.15, 0.2) is 4.34 Å². The zero-order valence-electron chi connectivity index (χ0n) is 7.41. The highest BCUT2D eigenvalue weighted by Crippen LogP contribution is 2.28. The molecule has 0 radical (unpaired) electrons. The summed E-state index contributed by atoms with van der Waals surface area (Å²) in [6, 6.07) is 0. The lowest BCUT2D eigenvalue weighted by atomic mass is 10.5. The van der Waals surface area contributed by atoms with Crippen LogP contribution in [0.25, 0.3) is 10.7 Å². The van der Waals surface area contributed by atoms with Gasteiger partial charge in [0.1, 0.15) is 10.7 Å².